The first-order valence-corrected chi connectivity index (χ1v) is 12.9. The Kier molecular flexibility index (Phi) is 5.90. The summed E-state index contributed by atoms with van der Waals surface area (Å²) in [7, 11) is 0. The molecule has 0 bridgehead atoms. The van der Waals surface area contributed by atoms with Crippen LogP contribution in [0.5, 0.6) is 0 Å². The first kappa shape index (κ1) is 23.3. The maximum atomic E-state index is 10.3. The molecule has 1 unspecified atom stereocenters. The molecular weight excluding hydrogens is 484 g/mol. The fourth-order valence-corrected chi connectivity index (χ4v) is 5.29. The largest absolute Gasteiger partial charge is 0.374 e. The highest BCUT2D eigenvalue weighted by Gasteiger charge is 2.17. The van der Waals surface area contributed by atoms with E-state index in [-0.39, 0.29) is 0 Å². The van der Waals surface area contributed by atoms with Gasteiger partial charge in [-0.15, -0.1) is 11.3 Å². The van der Waals surface area contributed by atoms with Gasteiger partial charge in [0.1, 0.15) is 17.4 Å². The molecule has 0 spiro atoms. The van der Waals surface area contributed by atoms with E-state index < -0.39 is 6.23 Å². The van der Waals surface area contributed by atoms with Crippen LogP contribution >= 0.6 is 11.3 Å². The van der Waals surface area contributed by atoms with Crippen molar-refractivity contribution >= 4 is 39.0 Å². The number of imidazole rings is 1. The van der Waals surface area contributed by atoms with E-state index >= 15 is 0 Å². The second-order valence-electron chi connectivity index (χ2n) is 9.52. The molecule has 0 amide bonds. The monoisotopic (exact) mass is 510 g/mol. The Hall–Kier alpha value is -4.15. The zero-order valence-electron chi connectivity index (χ0n) is 20.6. The number of thiophene rings is 1. The van der Waals surface area contributed by atoms with E-state index in [2.05, 4.69) is 68.4 Å². The summed E-state index contributed by atoms with van der Waals surface area (Å²) < 4.78 is 0. The summed E-state index contributed by atoms with van der Waals surface area (Å²) in [6, 6.07) is 8.12. The number of fused-ring (bicyclic) bond motifs is 2. The lowest BCUT2D eigenvalue weighted by molar-refractivity contribution is 0.176. The molecule has 6 heterocycles. The third-order valence-corrected chi connectivity index (χ3v) is 7.17. The molecule has 6 aromatic rings. The number of aryl methyl sites for hydroxylation is 1. The number of H-pyrrole nitrogens is 2. The Morgan fingerprint density at radius 1 is 1.03 bits per heavy atom. The number of rotatable bonds is 7. The van der Waals surface area contributed by atoms with E-state index in [0.29, 0.717) is 23.9 Å². The van der Waals surface area contributed by atoms with Crippen LogP contribution in [0.15, 0.2) is 55.2 Å². The number of aliphatic hydroxyl groups excluding tert-OH is 1. The predicted octanol–water partition coefficient (Wildman–Crippen LogP) is 5.77. The van der Waals surface area contributed by atoms with E-state index in [0.717, 1.165) is 49.3 Å². The van der Waals surface area contributed by atoms with Gasteiger partial charge in [0, 0.05) is 38.7 Å². The maximum Gasteiger partial charge on any atom is 0.159 e. The van der Waals surface area contributed by atoms with E-state index in [1.165, 1.54) is 4.88 Å². The Bertz CT molecular complexity index is 1720. The Morgan fingerprint density at radius 2 is 1.89 bits per heavy atom. The van der Waals surface area contributed by atoms with Crippen molar-refractivity contribution in [1.29, 1.82) is 0 Å². The molecule has 0 saturated carbocycles. The van der Waals surface area contributed by atoms with Crippen LogP contribution < -0.4 is 5.32 Å². The maximum absolute atomic E-state index is 10.3. The second kappa shape index (κ2) is 9.38. The van der Waals surface area contributed by atoms with Crippen molar-refractivity contribution < 1.29 is 5.11 Å². The van der Waals surface area contributed by atoms with Gasteiger partial charge in [0.05, 0.1) is 41.0 Å². The smallest absolute Gasteiger partial charge is 0.159 e. The van der Waals surface area contributed by atoms with E-state index in [1.807, 2.05) is 18.3 Å². The van der Waals surface area contributed by atoms with Crippen LogP contribution in [0.25, 0.3) is 55.2 Å². The molecule has 0 aromatic carbocycles. The minimum atomic E-state index is -0.640. The van der Waals surface area contributed by atoms with E-state index in [1.54, 1.807) is 36.1 Å². The van der Waals surface area contributed by atoms with Crippen LogP contribution in [-0.2, 0) is 0 Å². The van der Waals surface area contributed by atoms with Crippen LogP contribution in [0, 0.1) is 12.8 Å². The van der Waals surface area contributed by atoms with Gasteiger partial charge in [0.15, 0.2) is 5.82 Å². The van der Waals surface area contributed by atoms with Gasteiger partial charge in [0.25, 0.3) is 0 Å². The second-order valence-corrected chi connectivity index (χ2v) is 10.8. The number of aromatic amines is 2. The topological polar surface area (TPSA) is 128 Å². The Morgan fingerprint density at radius 3 is 2.70 bits per heavy atom. The van der Waals surface area contributed by atoms with Crippen molar-refractivity contribution in [3.63, 3.8) is 0 Å². The van der Waals surface area contributed by atoms with Gasteiger partial charge in [-0.25, -0.2) is 4.98 Å². The van der Waals surface area contributed by atoms with Gasteiger partial charge in [-0.3, -0.25) is 20.1 Å². The molecule has 10 heteroatoms. The summed E-state index contributed by atoms with van der Waals surface area (Å²) >= 11 is 1.72. The number of hydrogen-bond donors (Lipinski definition) is 4. The van der Waals surface area contributed by atoms with Crippen LogP contribution in [0.1, 0.15) is 25.1 Å². The standard InChI is InChI=1S/C27H26N8OS/c1-14(2)6-24(36)31-17-7-16(9-28-10-17)20-8-18-21(13-30-20)34-35-26(18)27-32-22-12-29-11-19(25(22)33-27)23-5-4-15(3)37-23/h4-5,7-14,24,31,36H,6H2,1-3H3,(H,32,33)(H,34,35). The number of nitrogens with zero attached hydrogens (tertiary/aromatic N) is 5. The van der Waals surface area contributed by atoms with Crippen molar-refractivity contribution in [2.75, 3.05) is 5.32 Å². The van der Waals surface area contributed by atoms with Gasteiger partial charge in [-0.2, -0.15) is 5.10 Å². The predicted molar refractivity (Wildman–Crippen MR) is 147 cm³/mol. The summed E-state index contributed by atoms with van der Waals surface area (Å²) in [5.74, 6) is 1.04. The molecule has 4 N–H and O–H groups in total. The van der Waals surface area contributed by atoms with Gasteiger partial charge >= 0.3 is 0 Å². The molecule has 37 heavy (non-hydrogen) atoms. The molecule has 0 radical (unpaired) electrons. The normalized spacial score (nSPS) is 12.6. The molecular formula is C27H26N8OS. The zero-order valence-corrected chi connectivity index (χ0v) is 21.5. The highest BCUT2D eigenvalue weighted by molar-refractivity contribution is 7.15. The van der Waals surface area contributed by atoms with Gasteiger partial charge < -0.3 is 15.4 Å². The number of anilines is 1. The van der Waals surface area contributed by atoms with Gasteiger partial charge in [0.2, 0.25) is 0 Å². The van der Waals surface area contributed by atoms with Crippen LogP contribution in [0.2, 0.25) is 0 Å². The molecule has 9 nitrogen and oxygen atoms in total. The highest BCUT2D eigenvalue weighted by Crippen LogP contribution is 2.34. The van der Waals surface area contributed by atoms with Crippen LogP contribution in [0.4, 0.5) is 5.69 Å². The molecule has 6 rings (SSSR count). The summed E-state index contributed by atoms with van der Waals surface area (Å²) in [5, 5.41) is 21.9. The summed E-state index contributed by atoms with van der Waals surface area (Å²) in [6.07, 6.45) is 8.87. The molecule has 0 aliphatic carbocycles. The Labute approximate surface area is 217 Å². The quantitative estimate of drug-likeness (QED) is 0.201. The van der Waals surface area contributed by atoms with Crippen molar-refractivity contribution in [3.8, 4) is 33.2 Å². The third kappa shape index (κ3) is 4.56. The summed E-state index contributed by atoms with van der Waals surface area (Å²) in [6.45, 7) is 6.24. The van der Waals surface area contributed by atoms with Crippen molar-refractivity contribution in [1.82, 2.24) is 35.1 Å². The van der Waals surface area contributed by atoms with Crippen LogP contribution in [-0.4, -0.2) is 46.5 Å². The first-order chi connectivity index (χ1) is 17.9. The Balaban J connectivity index is 1.37. The number of aromatic nitrogens is 7. The SMILES string of the molecule is Cc1ccc(-c2cncc3[nH]c(-c4n[nH]c5cnc(-c6cncc(NC(O)CC(C)C)c6)cc45)nc23)s1. The lowest BCUT2D eigenvalue weighted by Gasteiger charge is -2.16. The molecule has 0 aliphatic heterocycles. The fraction of sp³-hybridized carbons (Fsp3) is 0.222. The minimum absolute atomic E-state index is 0.377. The van der Waals surface area contributed by atoms with Crippen LogP contribution in [0.3, 0.4) is 0 Å². The summed E-state index contributed by atoms with van der Waals surface area (Å²) in [4.78, 5) is 24.1. The molecule has 186 valence electrons. The van der Waals surface area contributed by atoms with Gasteiger partial charge in [-0.05, 0) is 43.5 Å². The zero-order chi connectivity index (χ0) is 25.5. The minimum Gasteiger partial charge on any atom is -0.374 e. The highest BCUT2D eigenvalue weighted by atomic mass is 32.1. The van der Waals surface area contributed by atoms with E-state index in [9.17, 15) is 5.11 Å². The van der Waals surface area contributed by atoms with Gasteiger partial charge in [-0.1, -0.05) is 13.8 Å². The number of nitrogens with one attached hydrogen (secondary N) is 3. The average molecular weight is 511 g/mol. The van der Waals surface area contributed by atoms with Crippen molar-refractivity contribution in [2.24, 2.45) is 5.92 Å². The number of pyridine rings is 3. The number of aliphatic hydroxyl groups is 1. The molecule has 0 saturated heterocycles. The molecule has 0 aliphatic rings. The molecule has 1 atom stereocenters. The average Bonchev–Trinajstić information content (AvgIpc) is 3.60. The van der Waals surface area contributed by atoms with Crippen molar-refractivity contribution in [2.45, 2.75) is 33.4 Å². The molecule has 6 aromatic heterocycles. The lowest BCUT2D eigenvalue weighted by Crippen LogP contribution is -2.20. The lowest BCUT2D eigenvalue weighted by atomic mass is 10.1. The third-order valence-electron chi connectivity index (χ3n) is 6.13. The fourth-order valence-electron chi connectivity index (χ4n) is 4.42. The number of hydrogen-bond acceptors (Lipinski definition) is 8. The van der Waals surface area contributed by atoms with Crippen molar-refractivity contribution in [3.05, 3.63) is 60.1 Å². The summed E-state index contributed by atoms with van der Waals surface area (Å²) in [5.41, 5.74) is 6.54. The molecule has 0 fully saturated rings. The first-order valence-electron chi connectivity index (χ1n) is 12.1. The van der Waals surface area contributed by atoms with E-state index in [4.69, 9.17) is 4.98 Å².